The van der Waals surface area contributed by atoms with E-state index in [4.69, 9.17) is 0 Å². The van der Waals surface area contributed by atoms with Crippen LogP contribution in [0.5, 0.6) is 0 Å². The molecule has 106 valence electrons. The van der Waals surface area contributed by atoms with Crippen molar-refractivity contribution in [2.45, 2.75) is 27.3 Å². The van der Waals surface area contributed by atoms with E-state index in [1.807, 2.05) is 25.5 Å². The van der Waals surface area contributed by atoms with Gasteiger partial charge in [0.1, 0.15) is 5.82 Å². The molecule has 2 rings (SSSR count). The summed E-state index contributed by atoms with van der Waals surface area (Å²) in [5.41, 5.74) is 3.85. The number of nitrogens with zero attached hydrogens (tertiary/aromatic N) is 2. The number of methoxy groups -OCH3 is 1. The van der Waals surface area contributed by atoms with E-state index in [2.05, 4.69) is 9.84 Å². The summed E-state index contributed by atoms with van der Waals surface area (Å²) in [6, 6.07) is 4.49. The highest BCUT2D eigenvalue weighted by atomic mass is 19.1. The largest absolute Gasteiger partial charge is 0.465 e. The summed E-state index contributed by atoms with van der Waals surface area (Å²) in [7, 11) is 1.23. The zero-order valence-corrected chi connectivity index (χ0v) is 12.0. The molecule has 1 aromatic carbocycles. The molecule has 0 unspecified atom stereocenters. The lowest BCUT2D eigenvalue weighted by Crippen LogP contribution is -2.08. The Morgan fingerprint density at radius 3 is 2.55 bits per heavy atom. The first-order valence-corrected chi connectivity index (χ1v) is 6.31. The fourth-order valence-corrected chi connectivity index (χ4v) is 2.05. The number of esters is 1. The Balaban J connectivity index is 2.29. The topological polar surface area (TPSA) is 44.1 Å². The molecule has 5 heteroatoms. The molecule has 1 aromatic heterocycles. The number of halogens is 1. The Labute approximate surface area is 117 Å². The van der Waals surface area contributed by atoms with E-state index in [1.54, 1.807) is 6.07 Å². The van der Waals surface area contributed by atoms with Gasteiger partial charge < -0.3 is 4.74 Å². The van der Waals surface area contributed by atoms with Crippen LogP contribution in [0, 0.1) is 26.6 Å². The zero-order valence-electron chi connectivity index (χ0n) is 12.0. The van der Waals surface area contributed by atoms with Gasteiger partial charge in [0.15, 0.2) is 0 Å². The highest BCUT2D eigenvalue weighted by molar-refractivity contribution is 5.89. The van der Waals surface area contributed by atoms with Crippen LogP contribution in [-0.2, 0) is 11.3 Å². The average Bonchev–Trinajstić information content (AvgIpc) is 2.66. The molecule has 0 aliphatic rings. The van der Waals surface area contributed by atoms with Crippen molar-refractivity contribution in [3.63, 3.8) is 0 Å². The highest BCUT2D eigenvalue weighted by Crippen LogP contribution is 2.16. The standard InChI is InChI=1S/C15H17FN2O2/c1-9-10(2)17-18(11(9)3)8-12-5-6-13(14(16)7-12)15(19)20-4/h5-7H,8H2,1-4H3. The van der Waals surface area contributed by atoms with Gasteiger partial charge in [-0.15, -0.1) is 0 Å². The van der Waals surface area contributed by atoms with Gasteiger partial charge in [-0.1, -0.05) is 6.07 Å². The number of carbonyl (C=O) groups is 1. The van der Waals surface area contributed by atoms with Gasteiger partial charge in [0, 0.05) is 5.69 Å². The van der Waals surface area contributed by atoms with Crippen LogP contribution in [0.3, 0.4) is 0 Å². The molecule has 0 fully saturated rings. The molecule has 0 aliphatic heterocycles. The molecule has 0 saturated carbocycles. The van der Waals surface area contributed by atoms with Crippen LogP contribution >= 0.6 is 0 Å². The molecular formula is C15H17FN2O2. The summed E-state index contributed by atoms with van der Waals surface area (Å²) in [6.07, 6.45) is 0. The molecule has 0 aliphatic carbocycles. The lowest BCUT2D eigenvalue weighted by Gasteiger charge is -2.07. The second-order valence-corrected chi connectivity index (χ2v) is 4.76. The first-order chi connectivity index (χ1) is 9.43. The van der Waals surface area contributed by atoms with Gasteiger partial charge in [-0.3, -0.25) is 4.68 Å². The van der Waals surface area contributed by atoms with E-state index in [0.29, 0.717) is 6.54 Å². The minimum Gasteiger partial charge on any atom is -0.465 e. The highest BCUT2D eigenvalue weighted by Gasteiger charge is 2.13. The van der Waals surface area contributed by atoms with E-state index in [1.165, 1.54) is 19.2 Å². The molecule has 1 heterocycles. The summed E-state index contributed by atoms with van der Waals surface area (Å²) in [6.45, 7) is 6.41. The number of aromatic nitrogens is 2. The third-order valence-electron chi connectivity index (χ3n) is 3.51. The molecule has 20 heavy (non-hydrogen) atoms. The van der Waals surface area contributed by atoms with Gasteiger partial charge in [0.25, 0.3) is 0 Å². The molecule has 0 amide bonds. The minimum atomic E-state index is -0.670. The SMILES string of the molecule is COC(=O)c1ccc(Cn2nc(C)c(C)c2C)cc1F. The second kappa shape index (κ2) is 5.45. The van der Waals surface area contributed by atoms with Gasteiger partial charge in [-0.2, -0.15) is 5.10 Å². The molecule has 4 nitrogen and oxygen atoms in total. The van der Waals surface area contributed by atoms with E-state index in [-0.39, 0.29) is 5.56 Å². The number of carbonyl (C=O) groups excluding carboxylic acids is 1. The molecule has 0 spiro atoms. The third kappa shape index (κ3) is 2.57. The monoisotopic (exact) mass is 276 g/mol. The Morgan fingerprint density at radius 1 is 1.35 bits per heavy atom. The van der Waals surface area contributed by atoms with Gasteiger partial charge >= 0.3 is 5.97 Å². The fourth-order valence-electron chi connectivity index (χ4n) is 2.05. The Kier molecular flexibility index (Phi) is 3.88. The quantitative estimate of drug-likeness (QED) is 0.810. The summed E-state index contributed by atoms with van der Waals surface area (Å²) in [4.78, 5) is 11.3. The molecule has 0 radical (unpaired) electrons. The van der Waals surface area contributed by atoms with Crippen molar-refractivity contribution >= 4 is 5.97 Å². The van der Waals surface area contributed by atoms with Crippen molar-refractivity contribution in [2.24, 2.45) is 0 Å². The van der Waals surface area contributed by atoms with Crippen molar-refractivity contribution in [3.05, 3.63) is 52.1 Å². The summed E-state index contributed by atoms with van der Waals surface area (Å²) >= 11 is 0. The fraction of sp³-hybridized carbons (Fsp3) is 0.333. The van der Waals surface area contributed by atoms with E-state index in [0.717, 1.165) is 22.5 Å². The summed E-state index contributed by atoms with van der Waals surface area (Å²) in [5, 5.41) is 4.41. The lowest BCUT2D eigenvalue weighted by molar-refractivity contribution is 0.0595. The first kappa shape index (κ1) is 14.2. The third-order valence-corrected chi connectivity index (χ3v) is 3.51. The first-order valence-electron chi connectivity index (χ1n) is 6.31. The van der Waals surface area contributed by atoms with Crippen LogP contribution in [0.1, 0.15) is 32.9 Å². The molecule has 0 atom stereocenters. The van der Waals surface area contributed by atoms with Gasteiger partial charge in [-0.05, 0) is 44.0 Å². The van der Waals surface area contributed by atoms with Gasteiger partial charge in [0.2, 0.25) is 0 Å². The van der Waals surface area contributed by atoms with E-state index < -0.39 is 11.8 Å². The van der Waals surface area contributed by atoms with Crippen molar-refractivity contribution in [3.8, 4) is 0 Å². The number of hydrogen-bond donors (Lipinski definition) is 0. The molecule has 2 aromatic rings. The second-order valence-electron chi connectivity index (χ2n) is 4.76. The smallest absolute Gasteiger partial charge is 0.340 e. The van der Waals surface area contributed by atoms with Crippen molar-refractivity contribution in [1.82, 2.24) is 9.78 Å². The van der Waals surface area contributed by atoms with E-state index in [9.17, 15) is 9.18 Å². The maximum Gasteiger partial charge on any atom is 0.340 e. The average molecular weight is 276 g/mol. The predicted molar refractivity (Wildman–Crippen MR) is 73.3 cm³/mol. The van der Waals surface area contributed by atoms with Gasteiger partial charge in [-0.25, -0.2) is 9.18 Å². The molecule has 0 N–H and O–H groups in total. The number of benzene rings is 1. The van der Waals surface area contributed by atoms with Crippen LogP contribution in [0.25, 0.3) is 0 Å². The Hall–Kier alpha value is -2.17. The predicted octanol–water partition coefficient (Wildman–Crippen LogP) is 2.78. The van der Waals surface area contributed by atoms with Crippen LogP contribution in [0.2, 0.25) is 0 Å². The maximum absolute atomic E-state index is 13.8. The maximum atomic E-state index is 13.8. The molecule has 0 bridgehead atoms. The zero-order chi connectivity index (χ0) is 14.9. The number of ether oxygens (including phenoxy) is 1. The van der Waals surface area contributed by atoms with Crippen LogP contribution < -0.4 is 0 Å². The number of aryl methyl sites for hydroxylation is 1. The molecule has 0 saturated heterocycles. The van der Waals surface area contributed by atoms with Crippen molar-refractivity contribution < 1.29 is 13.9 Å². The molecular weight excluding hydrogens is 259 g/mol. The lowest BCUT2D eigenvalue weighted by atomic mass is 10.1. The van der Waals surface area contributed by atoms with E-state index >= 15 is 0 Å². The minimum absolute atomic E-state index is 0.0548. The Morgan fingerprint density at radius 2 is 2.05 bits per heavy atom. The summed E-state index contributed by atoms with van der Waals surface area (Å²) in [5.74, 6) is -1.25. The van der Waals surface area contributed by atoms with Crippen LogP contribution in [0.4, 0.5) is 4.39 Å². The van der Waals surface area contributed by atoms with Crippen molar-refractivity contribution in [2.75, 3.05) is 7.11 Å². The van der Waals surface area contributed by atoms with Crippen molar-refractivity contribution in [1.29, 1.82) is 0 Å². The number of rotatable bonds is 3. The van der Waals surface area contributed by atoms with Gasteiger partial charge in [0.05, 0.1) is 24.9 Å². The van der Waals surface area contributed by atoms with Crippen LogP contribution in [0.15, 0.2) is 18.2 Å². The Bertz CT molecular complexity index is 662. The number of hydrogen-bond acceptors (Lipinski definition) is 3. The normalized spacial score (nSPS) is 10.7. The summed E-state index contributed by atoms with van der Waals surface area (Å²) < 4.78 is 20.2. The van der Waals surface area contributed by atoms with Crippen LogP contribution in [-0.4, -0.2) is 22.9 Å².